The lowest BCUT2D eigenvalue weighted by Crippen LogP contribution is -2.20. The van der Waals surface area contributed by atoms with Gasteiger partial charge in [0.2, 0.25) is 0 Å². The van der Waals surface area contributed by atoms with E-state index in [0.717, 1.165) is 6.07 Å². The van der Waals surface area contributed by atoms with E-state index >= 15 is 0 Å². The number of nitriles is 2. The van der Waals surface area contributed by atoms with Gasteiger partial charge in [-0.2, -0.15) is 14.6 Å². The molecule has 0 N–H and O–H groups in total. The first-order valence-electron chi connectivity index (χ1n) is 4.56. The van der Waals surface area contributed by atoms with Crippen LogP contribution in [0, 0.1) is 38.0 Å². The first kappa shape index (κ1) is 11.7. The van der Waals surface area contributed by atoms with Crippen LogP contribution in [0.4, 0.5) is 5.69 Å². The van der Waals surface area contributed by atoms with Crippen molar-refractivity contribution in [3.05, 3.63) is 33.0 Å². The maximum atomic E-state index is 11.5. The van der Waals surface area contributed by atoms with Crippen LogP contribution in [0.25, 0.3) is 11.0 Å². The van der Waals surface area contributed by atoms with Crippen LogP contribution in [-0.4, -0.2) is 9.30 Å². The van der Waals surface area contributed by atoms with Crippen LogP contribution in [-0.2, 0) is 0 Å². The summed E-state index contributed by atoms with van der Waals surface area (Å²) in [5.41, 5.74) is -0.395. The minimum atomic E-state index is -1.12. The Morgan fingerprint density at radius 1 is 1.44 bits per heavy atom. The highest BCUT2D eigenvalue weighted by Gasteiger charge is 2.28. The number of nitrogens with zero attached hydrogens (tertiary/aromatic N) is 5. The number of benzene rings is 1. The van der Waals surface area contributed by atoms with Gasteiger partial charge >= 0.3 is 5.69 Å². The molecular formula is C9H3N5O3S. The summed E-state index contributed by atoms with van der Waals surface area (Å²) in [7, 11) is 0. The number of rotatable bonds is 2. The molecule has 1 aromatic heterocycles. The van der Waals surface area contributed by atoms with Crippen LogP contribution in [0.2, 0.25) is 0 Å². The summed E-state index contributed by atoms with van der Waals surface area (Å²) < 4.78 is 4.06. The summed E-state index contributed by atoms with van der Waals surface area (Å²) >= 11 is 0.490. The molecule has 0 aliphatic heterocycles. The average Bonchev–Trinajstić information content (AvgIpc) is 2.73. The van der Waals surface area contributed by atoms with Gasteiger partial charge in [0, 0.05) is 16.0 Å². The second kappa shape index (κ2) is 4.24. The van der Waals surface area contributed by atoms with Gasteiger partial charge in [0.1, 0.15) is 0 Å². The normalized spacial score (nSPS) is 10.2. The van der Waals surface area contributed by atoms with E-state index in [1.54, 1.807) is 12.1 Å². The highest BCUT2D eigenvalue weighted by atomic mass is 32.1. The van der Waals surface area contributed by atoms with Crippen LogP contribution in [0.15, 0.2) is 12.1 Å². The topological polar surface area (TPSA) is 131 Å². The molecule has 0 fully saturated rings. The molecule has 0 amide bonds. The second-order valence-electron chi connectivity index (χ2n) is 3.25. The number of hydrogen-bond acceptors (Lipinski definition) is 7. The molecule has 0 spiro atoms. The molecule has 0 saturated carbocycles. The molecule has 0 atom stereocenters. The molecule has 0 bridgehead atoms. The molecule has 0 unspecified atom stereocenters. The Labute approximate surface area is 104 Å². The molecule has 1 aromatic carbocycles. The molecule has 0 aliphatic rings. The maximum absolute atomic E-state index is 11.5. The predicted octanol–water partition coefficient (Wildman–Crippen LogP) is 0.969. The van der Waals surface area contributed by atoms with Gasteiger partial charge in [0.25, 0.3) is 22.8 Å². The smallest absolute Gasteiger partial charge is 0.321 e. The van der Waals surface area contributed by atoms with Crippen molar-refractivity contribution in [3.63, 3.8) is 0 Å². The number of aromatic nitrogens is 2. The maximum Gasteiger partial charge on any atom is 0.321 e. The molecule has 0 saturated heterocycles. The van der Waals surface area contributed by atoms with Crippen molar-refractivity contribution in [2.45, 2.75) is 5.92 Å². The van der Waals surface area contributed by atoms with E-state index in [4.69, 9.17) is 10.5 Å². The molecule has 0 radical (unpaired) electrons. The van der Waals surface area contributed by atoms with E-state index in [1.165, 1.54) is 6.07 Å². The van der Waals surface area contributed by atoms with Gasteiger partial charge in [-0.25, -0.2) is 0 Å². The summed E-state index contributed by atoms with van der Waals surface area (Å²) in [6.07, 6.45) is 0. The number of nitro groups is 1. The van der Waals surface area contributed by atoms with Crippen molar-refractivity contribution in [3.8, 4) is 12.1 Å². The van der Waals surface area contributed by atoms with Crippen molar-refractivity contribution in [1.82, 2.24) is 4.37 Å². The highest BCUT2D eigenvalue weighted by Crippen LogP contribution is 2.29. The van der Waals surface area contributed by atoms with E-state index in [1.807, 2.05) is 0 Å². The highest BCUT2D eigenvalue weighted by molar-refractivity contribution is 6.95. The first-order chi connectivity index (χ1) is 8.60. The van der Waals surface area contributed by atoms with Gasteiger partial charge in [0.05, 0.1) is 17.1 Å². The van der Waals surface area contributed by atoms with Crippen molar-refractivity contribution >= 4 is 28.4 Å². The quantitative estimate of drug-likeness (QED) is 0.342. The summed E-state index contributed by atoms with van der Waals surface area (Å²) in [5, 5.41) is 39.9. The minimum absolute atomic E-state index is 0.0253. The molecule has 2 aromatic rings. The van der Waals surface area contributed by atoms with E-state index in [-0.39, 0.29) is 16.6 Å². The van der Waals surface area contributed by atoms with Crippen molar-refractivity contribution in [2.24, 2.45) is 0 Å². The van der Waals surface area contributed by atoms with E-state index < -0.39 is 16.5 Å². The fourth-order valence-corrected chi connectivity index (χ4v) is 2.14. The van der Waals surface area contributed by atoms with Gasteiger partial charge in [-0.1, -0.05) is 0 Å². The zero-order valence-electron chi connectivity index (χ0n) is 8.60. The third-order valence-electron chi connectivity index (χ3n) is 2.32. The van der Waals surface area contributed by atoms with Gasteiger partial charge < -0.3 is 5.21 Å². The molecule has 9 heteroatoms. The van der Waals surface area contributed by atoms with E-state index in [2.05, 4.69) is 4.37 Å². The second-order valence-corrected chi connectivity index (χ2v) is 3.93. The molecule has 0 aliphatic carbocycles. The Balaban J connectivity index is 2.83. The molecule has 8 nitrogen and oxygen atoms in total. The average molecular weight is 261 g/mol. The molecule has 88 valence electrons. The number of nitro benzene ring substituents is 1. The molecule has 1 heterocycles. The third kappa shape index (κ3) is 1.59. The lowest BCUT2D eigenvalue weighted by atomic mass is 10.00. The number of non-ortho nitro benzene ring substituents is 1. The molecule has 18 heavy (non-hydrogen) atoms. The van der Waals surface area contributed by atoms with Crippen molar-refractivity contribution < 1.29 is 9.04 Å². The predicted molar refractivity (Wildman–Crippen MR) is 59.2 cm³/mol. The summed E-state index contributed by atoms with van der Waals surface area (Å²) in [4.78, 5) is 10.1. The van der Waals surface area contributed by atoms with Gasteiger partial charge in [-0.3, -0.25) is 10.1 Å². The first-order valence-corrected chi connectivity index (χ1v) is 5.29. The lowest BCUT2D eigenvalue weighted by Gasteiger charge is -2.00. The standard InChI is InChI=1S/C9H3N5O3S/c10-3-5(4-11)6-1-2-7(13(15)16)9-8(6)12-18-14(9)17/h1-2,5H. The molecular weight excluding hydrogens is 258 g/mol. The summed E-state index contributed by atoms with van der Waals surface area (Å²) in [6.45, 7) is 0. The van der Waals surface area contributed by atoms with E-state index in [9.17, 15) is 15.3 Å². The lowest BCUT2D eigenvalue weighted by molar-refractivity contribution is -0.506. The monoisotopic (exact) mass is 261 g/mol. The third-order valence-corrected chi connectivity index (χ3v) is 2.91. The summed E-state index contributed by atoms with van der Waals surface area (Å²) in [6, 6.07) is 5.86. The number of hydrogen-bond donors (Lipinski definition) is 0. The fourth-order valence-electron chi connectivity index (χ4n) is 1.53. The van der Waals surface area contributed by atoms with Gasteiger partial charge in [-0.15, -0.1) is 0 Å². The van der Waals surface area contributed by atoms with Crippen LogP contribution in [0.3, 0.4) is 0 Å². The van der Waals surface area contributed by atoms with Gasteiger partial charge in [-0.05, 0) is 6.07 Å². The largest absolute Gasteiger partial charge is 0.700 e. The zero-order chi connectivity index (χ0) is 13.3. The van der Waals surface area contributed by atoms with Crippen molar-refractivity contribution in [1.29, 1.82) is 10.5 Å². The Morgan fingerprint density at radius 3 is 2.67 bits per heavy atom. The Morgan fingerprint density at radius 2 is 2.11 bits per heavy atom. The fraction of sp³-hybridized carbons (Fsp3) is 0.111. The summed E-state index contributed by atoms with van der Waals surface area (Å²) in [5.74, 6) is -1.12. The van der Waals surface area contributed by atoms with Crippen LogP contribution in [0.1, 0.15) is 11.5 Å². The molecule has 2 rings (SSSR count). The zero-order valence-corrected chi connectivity index (χ0v) is 9.42. The Hall–Kier alpha value is -2.78. The SMILES string of the molecule is N#CC(C#N)c1ccc([N+](=O)[O-])c2c1ns[n+]2[O-]. The Bertz CT molecular complexity index is 712. The van der Waals surface area contributed by atoms with Gasteiger partial charge in [0.15, 0.2) is 5.92 Å². The van der Waals surface area contributed by atoms with Crippen LogP contribution >= 0.6 is 11.7 Å². The van der Waals surface area contributed by atoms with E-state index in [0.29, 0.717) is 15.8 Å². The Kier molecular flexibility index (Phi) is 2.75. The minimum Gasteiger partial charge on any atom is -0.700 e. The van der Waals surface area contributed by atoms with Crippen molar-refractivity contribution in [2.75, 3.05) is 0 Å². The number of fused-ring (bicyclic) bond motifs is 1. The van der Waals surface area contributed by atoms with Crippen LogP contribution < -0.4 is 4.12 Å². The van der Waals surface area contributed by atoms with Crippen LogP contribution in [0.5, 0.6) is 0 Å².